The predicted molar refractivity (Wildman–Crippen MR) is 368 cm³/mol. The quantitative estimate of drug-likeness (QED) is 0.0250. The molecule has 32 nitrogen and oxygen atoms in total. The Balaban J connectivity index is 0.872. The summed E-state index contributed by atoms with van der Waals surface area (Å²) in [5.41, 5.74) is -7.29. The third-order valence-electron chi connectivity index (χ3n) is 27.5. The van der Waals surface area contributed by atoms with Gasteiger partial charge in [-0.3, -0.25) is 4.79 Å². The van der Waals surface area contributed by atoms with E-state index >= 15 is 0 Å². The van der Waals surface area contributed by atoms with Gasteiger partial charge in [-0.2, -0.15) is 0 Å². The number of aliphatic hydroxyl groups excluding tert-OH is 13. The van der Waals surface area contributed by atoms with Crippen molar-refractivity contribution < 1.29 is 157 Å². The lowest BCUT2D eigenvalue weighted by molar-refractivity contribution is -0.409. The Hall–Kier alpha value is -4.35. The van der Waals surface area contributed by atoms with E-state index in [1.165, 1.54) is 19.9 Å². The highest BCUT2D eigenvalue weighted by Crippen LogP contribution is 2.82. The van der Waals surface area contributed by atoms with Crippen LogP contribution in [0.4, 0.5) is 0 Å². The molecule has 1 aromatic carbocycles. The van der Waals surface area contributed by atoms with E-state index in [1.54, 1.807) is 6.08 Å². The Bertz CT molecular complexity index is 3450. The molecule has 12 rings (SSSR count). The predicted octanol–water partition coefficient (Wildman–Crippen LogP) is -0.167. The highest BCUT2D eigenvalue weighted by molar-refractivity contribution is 5.87. The molecule has 6 saturated heterocycles. The van der Waals surface area contributed by atoms with E-state index in [1.807, 2.05) is 78.0 Å². The average Bonchev–Trinajstić information content (AvgIpc) is 1.41. The highest BCUT2D eigenvalue weighted by Gasteiger charge is 2.86. The molecule has 32 heteroatoms. The number of hydrogen-bond acceptors (Lipinski definition) is 31. The molecule has 11 fully saturated rings. The van der Waals surface area contributed by atoms with E-state index in [2.05, 4.69) is 27.4 Å². The summed E-state index contributed by atoms with van der Waals surface area (Å²) < 4.78 is 89.5. The van der Waals surface area contributed by atoms with Crippen LogP contribution in [0.3, 0.4) is 0 Å². The van der Waals surface area contributed by atoms with E-state index in [-0.39, 0.29) is 24.7 Å². The zero-order chi connectivity index (χ0) is 78.8. The minimum Gasteiger partial charge on any atom is -0.486 e. The van der Waals surface area contributed by atoms with Crippen molar-refractivity contribution in [1.29, 1.82) is 0 Å². The molecule has 1 spiro atoms. The minimum absolute atomic E-state index is 0.117. The van der Waals surface area contributed by atoms with Crippen molar-refractivity contribution >= 4 is 24.0 Å². The number of hydrogen-bond donors (Lipinski definition) is 15. The number of aliphatic hydroxyl groups is 14. The van der Waals surface area contributed by atoms with Crippen LogP contribution in [-0.4, -0.2) is 298 Å². The van der Waals surface area contributed by atoms with Gasteiger partial charge in [0, 0.05) is 29.7 Å². The number of esters is 2. The zero-order valence-corrected chi connectivity index (χ0v) is 62.8. The summed E-state index contributed by atoms with van der Waals surface area (Å²) in [5.74, 6) is -3.73. The first-order chi connectivity index (χ1) is 50.7. The first-order valence-electron chi connectivity index (χ1n) is 37.6. The molecule has 608 valence electrons. The molecule has 2 bridgehead atoms. The summed E-state index contributed by atoms with van der Waals surface area (Å²) in [6.45, 7) is 21.8. The van der Waals surface area contributed by atoms with Crippen molar-refractivity contribution in [2.24, 2.45) is 50.2 Å². The standard InChI is InChI=1S/C76H112O32/c1-13-33(2)34(3)96-60-61(102-45(81)20-19-37-17-15-14-16-18-37)76-42(27-69(60,6)7)75(108-68(76)93)26-22-41-71(10)24-23-43(70(8,9)40(71)21-25-72(41,11)73(75,12)28-44(76)98-36(5)80)101-66-58(107-63-52(88)49(85)47(83)38(29-77)99-63)54(53(89)55(104-66)62(91)92)103-65-57(51(87)48(84)39(30-78)100-65)105-64-56(50(86)46(82)35(4)97-64)106-67-59(90)74(94,31-79)32-95-67/h13-20,35,38-44,46-61,63-68,77-79,82-90,93-94H,3,21-32H2,1-2,4-12H3,(H,91,92)/b20-19+,33-13-/t35-,38+,39+,40?,41?,42-,43-,44+,46-,47-,48-,49-,50+,51-,52+,53-,54-,55-,56+,57?,58+,59-,60-,61?,63?,64-,65-,66+,67-,68+,71-,72+,73-,74+,75-,76?/m0/s1. The Kier molecular flexibility index (Phi) is 23.7. The maximum absolute atomic E-state index is 14.5. The van der Waals surface area contributed by atoms with Crippen molar-refractivity contribution in [3.63, 3.8) is 0 Å². The van der Waals surface area contributed by atoms with E-state index in [4.69, 9.17) is 66.3 Å². The van der Waals surface area contributed by atoms with E-state index in [9.17, 15) is 91.0 Å². The molecule has 5 saturated carbocycles. The highest BCUT2D eigenvalue weighted by atomic mass is 16.8. The Morgan fingerprint density at radius 3 is 1.81 bits per heavy atom. The maximum atomic E-state index is 14.5. The van der Waals surface area contributed by atoms with Gasteiger partial charge < -0.3 is 143 Å². The third kappa shape index (κ3) is 13.7. The fourth-order valence-electron chi connectivity index (χ4n) is 21.3. The number of carbonyl (C=O) groups is 3. The first kappa shape index (κ1) is 83.1. The fourth-order valence-corrected chi connectivity index (χ4v) is 21.3. The van der Waals surface area contributed by atoms with E-state index in [0.717, 1.165) is 11.1 Å². The SMILES string of the molecule is C=C(O[C@H]1C(OC(=O)/C=C/c2ccccc2)C23[C@H](O)O[C@@]4(CCC5[C@@]6(C)CC[C@H](O[C@@H]7O[C@H](C(=O)O)[C@@H](O)[C@H](O[C@@H]8O[C@H](CO)[C@H](O)[C@H](O)C8O[C@@H]8O[C@@H](C)[C@H](O)[C@@H](O)[C@H]8O[C@@H]8OC[C@](O)(CO)[C@H]8O)[C@H]7OC7O[C@H](CO)[C@H](O)[C@H](O)[C@H]7O)C(C)(C)C6CC[C@@]5(C)[C@]4(C)C[C@H]2OC(C)=O)[C@@H]3CC1(C)C)/C(C)=C\C. The number of rotatable bonds is 21. The van der Waals surface area contributed by atoms with Crippen LogP contribution in [0.1, 0.15) is 133 Å². The van der Waals surface area contributed by atoms with Crippen LogP contribution < -0.4 is 0 Å². The van der Waals surface area contributed by atoms with Crippen molar-refractivity contribution in [2.45, 2.75) is 305 Å². The van der Waals surface area contributed by atoms with E-state index in [0.29, 0.717) is 44.3 Å². The average molecular weight is 1540 g/mol. The Morgan fingerprint density at radius 2 is 1.19 bits per heavy atom. The van der Waals surface area contributed by atoms with Crippen LogP contribution in [0.25, 0.3) is 6.08 Å². The number of carboxylic acids is 1. The summed E-state index contributed by atoms with van der Waals surface area (Å²) >= 11 is 0. The third-order valence-corrected chi connectivity index (χ3v) is 27.5. The molecule has 1 aromatic rings. The largest absolute Gasteiger partial charge is 0.486 e. The summed E-state index contributed by atoms with van der Waals surface area (Å²) in [5, 5.41) is 169. The van der Waals surface area contributed by atoms with Gasteiger partial charge in [0.2, 0.25) is 0 Å². The Labute approximate surface area is 626 Å². The van der Waals surface area contributed by atoms with Gasteiger partial charge in [0.15, 0.2) is 49.9 Å². The second-order valence-electron chi connectivity index (χ2n) is 34.0. The number of allylic oxidation sites excluding steroid dienone is 2. The summed E-state index contributed by atoms with van der Waals surface area (Å²) in [6, 6.07) is 9.21. The van der Waals surface area contributed by atoms with Gasteiger partial charge in [0.25, 0.3) is 0 Å². The summed E-state index contributed by atoms with van der Waals surface area (Å²) in [4.78, 5) is 42.0. The molecule has 0 amide bonds. The molecular formula is C76H112O32. The second kappa shape index (κ2) is 30.8. The number of fused-ring (bicyclic) bond motifs is 4. The van der Waals surface area contributed by atoms with Crippen LogP contribution >= 0.6 is 0 Å². The lowest BCUT2D eigenvalue weighted by Crippen LogP contribution is -2.77. The van der Waals surface area contributed by atoms with Gasteiger partial charge in [-0.1, -0.05) is 91.5 Å². The lowest BCUT2D eigenvalue weighted by Gasteiger charge is -2.75. The molecule has 6 unspecified atom stereocenters. The summed E-state index contributed by atoms with van der Waals surface area (Å²) in [6.07, 6.45) is -41.4. The molecule has 0 aromatic heterocycles. The lowest BCUT2D eigenvalue weighted by atomic mass is 9.30. The van der Waals surface area contributed by atoms with Gasteiger partial charge in [-0.25, -0.2) is 9.59 Å². The number of benzene rings is 1. The zero-order valence-electron chi connectivity index (χ0n) is 62.8. The molecule has 0 radical (unpaired) electrons. The minimum atomic E-state index is -2.38. The molecule has 5 aliphatic carbocycles. The number of carboxylic acid groups (broad SMARTS) is 1. The molecule has 6 heterocycles. The van der Waals surface area contributed by atoms with Gasteiger partial charge in [0.05, 0.1) is 44.2 Å². The van der Waals surface area contributed by atoms with Gasteiger partial charge in [-0.05, 0) is 117 Å². The number of aliphatic carboxylic acids is 1. The van der Waals surface area contributed by atoms with Gasteiger partial charge in [0.1, 0.15) is 121 Å². The normalized spacial score (nSPS) is 49.7. The molecule has 15 N–H and O–H groups in total. The van der Waals surface area contributed by atoms with Gasteiger partial charge in [-0.15, -0.1) is 0 Å². The second-order valence-corrected chi connectivity index (χ2v) is 34.0. The van der Waals surface area contributed by atoms with E-state index < -0.39 is 260 Å². The van der Waals surface area contributed by atoms with Crippen molar-refractivity contribution in [3.8, 4) is 0 Å². The van der Waals surface area contributed by atoms with Crippen molar-refractivity contribution in [1.82, 2.24) is 0 Å². The van der Waals surface area contributed by atoms with Crippen LogP contribution in [0, 0.1) is 50.2 Å². The topological polar surface area (TPSA) is 484 Å². The van der Waals surface area contributed by atoms with Crippen LogP contribution in [0.15, 0.2) is 60.4 Å². The van der Waals surface area contributed by atoms with Crippen LogP contribution in [0.5, 0.6) is 0 Å². The Morgan fingerprint density at radius 1 is 0.602 bits per heavy atom. The molecular weight excluding hydrogens is 1420 g/mol. The van der Waals surface area contributed by atoms with Crippen molar-refractivity contribution in [2.75, 3.05) is 26.4 Å². The monoisotopic (exact) mass is 1540 g/mol. The summed E-state index contributed by atoms with van der Waals surface area (Å²) in [7, 11) is 0. The van der Waals surface area contributed by atoms with Crippen LogP contribution in [0.2, 0.25) is 0 Å². The van der Waals surface area contributed by atoms with Gasteiger partial charge >= 0.3 is 17.9 Å². The number of carbonyl (C=O) groups excluding carboxylic acids is 2. The molecule has 11 aliphatic rings. The smallest absolute Gasteiger partial charge is 0.335 e. The maximum Gasteiger partial charge on any atom is 0.335 e. The first-order valence-corrected chi connectivity index (χ1v) is 37.6. The molecule has 36 atom stereocenters. The van der Waals surface area contributed by atoms with Crippen molar-refractivity contribution in [3.05, 3.63) is 66.0 Å². The molecule has 108 heavy (non-hydrogen) atoms. The number of ether oxygens (including phenoxy) is 14. The fraction of sp³-hybridized carbons (Fsp3) is 0.803. The molecule has 6 aliphatic heterocycles. The van der Waals surface area contributed by atoms with Crippen LogP contribution in [-0.2, 0) is 80.7 Å².